The van der Waals surface area contributed by atoms with E-state index in [0.29, 0.717) is 11.3 Å². The lowest BCUT2D eigenvalue weighted by Gasteiger charge is -2.11. The van der Waals surface area contributed by atoms with Gasteiger partial charge < -0.3 is 5.32 Å². The van der Waals surface area contributed by atoms with Gasteiger partial charge in [0.1, 0.15) is 0 Å². The van der Waals surface area contributed by atoms with Gasteiger partial charge in [-0.1, -0.05) is 13.8 Å². The van der Waals surface area contributed by atoms with Crippen LogP contribution in [0.2, 0.25) is 0 Å². The van der Waals surface area contributed by atoms with Gasteiger partial charge >= 0.3 is 0 Å². The predicted molar refractivity (Wildman–Crippen MR) is 38.2 cm³/mol. The van der Waals surface area contributed by atoms with E-state index in [1.165, 1.54) is 0 Å². The molecule has 1 saturated carbocycles. The van der Waals surface area contributed by atoms with Crippen molar-refractivity contribution in [3.05, 3.63) is 0 Å². The Morgan fingerprint density at radius 1 is 1.60 bits per heavy atom. The highest BCUT2D eigenvalue weighted by Crippen LogP contribution is 2.62. The molecule has 0 bridgehead atoms. The lowest BCUT2D eigenvalue weighted by Crippen LogP contribution is -2.28. The minimum Gasteiger partial charge on any atom is -0.301 e. The molecule has 0 amide bonds. The second kappa shape index (κ2) is 1.54. The zero-order valence-electron chi connectivity index (χ0n) is 6.39. The Balaban J connectivity index is 2.16. The van der Waals surface area contributed by atoms with Gasteiger partial charge in [-0.3, -0.25) is 0 Å². The minimum absolute atomic E-state index is 0.139. The predicted octanol–water partition coefficient (Wildman–Crippen LogP) is 0.754. The monoisotopic (exact) mass is 136 g/mol. The van der Waals surface area contributed by atoms with E-state index in [0.717, 1.165) is 12.5 Å². The van der Waals surface area contributed by atoms with E-state index in [1.807, 2.05) is 0 Å². The summed E-state index contributed by atoms with van der Waals surface area (Å²) < 4.78 is 0. The fourth-order valence-corrected chi connectivity index (χ4v) is 2.35. The van der Waals surface area contributed by atoms with E-state index in [9.17, 15) is 0 Å². The fourth-order valence-electron chi connectivity index (χ4n) is 2.35. The third-order valence-corrected chi connectivity index (χ3v) is 3.20. The number of fused-ring (bicyclic) bond motifs is 1. The van der Waals surface area contributed by atoms with Crippen LogP contribution in [0, 0.1) is 28.6 Å². The molecule has 0 aromatic rings. The highest BCUT2D eigenvalue weighted by molar-refractivity contribution is 5.20. The van der Waals surface area contributed by atoms with E-state index in [2.05, 4.69) is 25.2 Å². The Hall–Kier alpha value is -0.550. The maximum absolute atomic E-state index is 8.68. The summed E-state index contributed by atoms with van der Waals surface area (Å²) >= 11 is 0. The summed E-state index contributed by atoms with van der Waals surface area (Å²) in [6.07, 6.45) is 0. The maximum atomic E-state index is 8.68. The molecule has 54 valence electrons. The molecule has 2 rings (SSSR count). The molecule has 1 N–H and O–H groups in total. The van der Waals surface area contributed by atoms with E-state index in [4.69, 9.17) is 5.26 Å². The van der Waals surface area contributed by atoms with Crippen LogP contribution >= 0.6 is 0 Å². The molecule has 2 heteroatoms. The smallest absolute Gasteiger partial charge is 0.0990 e. The number of hydrogen-bond donors (Lipinski definition) is 1. The van der Waals surface area contributed by atoms with Crippen LogP contribution in [0.3, 0.4) is 0 Å². The molecule has 2 fully saturated rings. The Kier molecular flexibility index (Phi) is 0.952. The number of piperidine rings is 1. The first kappa shape index (κ1) is 6.18. The number of nitriles is 1. The van der Waals surface area contributed by atoms with Crippen LogP contribution in [0.1, 0.15) is 13.8 Å². The Morgan fingerprint density at radius 3 is 2.60 bits per heavy atom. The lowest BCUT2D eigenvalue weighted by molar-refractivity contribution is 0.442. The topological polar surface area (TPSA) is 35.8 Å². The second-order valence-electron chi connectivity index (χ2n) is 3.97. The molecule has 2 nitrogen and oxygen atoms in total. The molecule has 1 unspecified atom stereocenters. The van der Waals surface area contributed by atoms with Crippen molar-refractivity contribution >= 4 is 0 Å². The molecule has 0 aromatic heterocycles. The third-order valence-electron chi connectivity index (χ3n) is 3.20. The summed E-state index contributed by atoms with van der Waals surface area (Å²) in [7, 11) is 0. The maximum Gasteiger partial charge on any atom is 0.0990 e. The quantitative estimate of drug-likeness (QED) is 0.533. The van der Waals surface area contributed by atoms with Crippen molar-refractivity contribution in [1.29, 1.82) is 5.26 Å². The van der Waals surface area contributed by atoms with E-state index >= 15 is 0 Å². The van der Waals surface area contributed by atoms with Crippen LogP contribution in [0.15, 0.2) is 0 Å². The molecule has 3 atom stereocenters. The lowest BCUT2D eigenvalue weighted by atomic mass is 10.0. The highest BCUT2D eigenvalue weighted by atomic mass is 15.0. The van der Waals surface area contributed by atoms with Gasteiger partial charge in [-0.05, 0) is 17.3 Å². The van der Waals surface area contributed by atoms with Gasteiger partial charge in [-0.2, -0.15) is 5.26 Å². The summed E-state index contributed by atoms with van der Waals surface area (Å²) in [6.45, 7) is 5.57. The van der Waals surface area contributed by atoms with Crippen molar-refractivity contribution in [3.8, 4) is 6.07 Å². The summed E-state index contributed by atoms with van der Waals surface area (Å²) in [4.78, 5) is 0. The molecular weight excluding hydrogens is 124 g/mol. The number of hydrogen-bond acceptors (Lipinski definition) is 2. The number of rotatable bonds is 0. The van der Waals surface area contributed by atoms with E-state index in [-0.39, 0.29) is 6.04 Å². The average molecular weight is 136 g/mol. The summed E-state index contributed by atoms with van der Waals surface area (Å²) in [5, 5.41) is 11.9. The van der Waals surface area contributed by atoms with E-state index in [1.54, 1.807) is 0 Å². The van der Waals surface area contributed by atoms with Gasteiger partial charge in [-0.15, -0.1) is 0 Å². The Bertz CT molecular complexity index is 202. The fraction of sp³-hybridized carbons (Fsp3) is 0.875. The zero-order valence-corrected chi connectivity index (χ0v) is 6.39. The van der Waals surface area contributed by atoms with E-state index < -0.39 is 0 Å². The SMILES string of the molecule is CC1(C)C2[C@@H](C#N)NC[C@@H]21. The van der Waals surface area contributed by atoms with Crippen LogP contribution < -0.4 is 5.32 Å². The molecule has 1 aliphatic carbocycles. The van der Waals surface area contributed by atoms with Crippen molar-refractivity contribution in [2.24, 2.45) is 17.3 Å². The third kappa shape index (κ3) is 0.518. The first-order chi connectivity index (χ1) is 4.68. The molecule has 2 aliphatic rings. The summed E-state index contributed by atoms with van der Waals surface area (Å²) in [5.74, 6) is 1.41. The van der Waals surface area contributed by atoms with Crippen LogP contribution in [-0.4, -0.2) is 12.6 Å². The van der Waals surface area contributed by atoms with Crippen LogP contribution in [-0.2, 0) is 0 Å². The minimum atomic E-state index is 0.139. The van der Waals surface area contributed by atoms with Crippen molar-refractivity contribution in [2.75, 3.05) is 6.54 Å². The molecule has 0 spiro atoms. The summed E-state index contributed by atoms with van der Waals surface area (Å²) in [6, 6.07) is 2.44. The largest absolute Gasteiger partial charge is 0.301 e. The Labute approximate surface area is 61.2 Å². The van der Waals surface area contributed by atoms with Gasteiger partial charge in [0, 0.05) is 6.54 Å². The van der Waals surface area contributed by atoms with Crippen molar-refractivity contribution in [1.82, 2.24) is 5.32 Å². The van der Waals surface area contributed by atoms with Crippen molar-refractivity contribution < 1.29 is 0 Å². The van der Waals surface area contributed by atoms with Crippen LogP contribution in [0.5, 0.6) is 0 Å². The first-order valence-corrected chi connectivity index (χ1v) is 3.81. The molecule has 1 saturated heterocycles. The van der Waals surface area contributed by atoms with Gasteiger partial charge in [0.25, 0.3) is 0 Å². The average Bonchev–Trinajstić information content (AvgIpc) is 2.28. The number of nitrogens with one attached hydrogen (secondary N) is 1. The standard InChI is InChI=1S/C8H12N2/c1-8(2)5-4-10-6(3-9)7(5)8/h5-7,10H,4H2,1-2H3/t5-,6+,7?/m0/s1. The van der Waals surface area contributed by atoms with Gasteiger partial charge in [0.05, 0.1) is 12.1 Å². The molecule has 1 aliphatic heterocycles. The van der Waals surface area contributed by atoms with Gasteiger partial charge in [0.15, 0.2) is 0 Å². The molecule has 0 radical (unpaired) electrons. The molecular formula is C8H12N2. The summed E-state index contributed by atoms with van der Waals surface area (Å²) in [5.41, 5.74) is 0.450. The van der Waals surface area contributed by atoms with Crippen molar-refractivity contribution in [2.45, 2.75) is 19.9 Å². The molecule has 1 heterocycles. The second-order valence-corrected chi connectivity index (χ2v) is 3.97. The van der Waals surface area contributed by atoms with Gasteiger partial charge in [-0.25, -0.2) is 0 Å². The van der Waals surface area contributed by atoms with Crippen LogP contribution in [0.25, 0.3) is 0 Å². The van der Waals surface area contributed by atoms with Crippen LogP contribution in [0.4, 0.5) is 0 Å². The number of nitrogens with zero attached hydrogens (tertiary/aromatic N) is 1. The first-order valence-electron chi connectivity index (χ1n) is 3.81. The molecule has 0 aromatic carbocycles. The Morgan fingerprint density at radius 2 is 2.30 bits per heavy atom. The molecule has 10 heavy (non-hydrogen) atoms. The van der Waals surface area contributed by atoms with Crippen molar-refractivity contribution in [3.63, 3.8) is 0 Å². The van der Waals surface area contributed by atoms with Gasteiger partial charge in [0.2, 0.25) is 0 Å². The normalized spacial score (nSPS) is 47.9. The zero-order chi connectivity index (χ0) is 7.35. The highest BCUT2D eigenvalue weighted by Gasteiger charge is 2.64.